The fourth-order valence-corrected chi connectivity index (χ4v) is 1.64. The van der Waals surface area contributed by atoms with Crippen LogP contribution in [0.1, 0.15) is 17.0 Å². The minimum Gasteiger partial charge on any atom is -0.497 e. The van der Waals surface area contributed by atoms with Crippen LogP contribution < -0.4 is 4.74 Å². The molecule has 98 valence electrons. The van der Waals surface area contributed by atoms with E-state index in [4.69, 9.17) is 9.26 Å². The van der Waals surface area contributed by atoms with E-state index in [0.29, 0.717) is 5.75 Å². The summed E-state index contributed by atoms with van der Waals surface area (Å²) in [6.07, 6.45) is 3.26. The molecule has 2 aromatic rings. The number of nitrogens with zero attached hydrogens (tertiary/aromatic N) is 2. The molecular formula is C13H12N2O4. The van der Waals surface area contributed by atoms with Gasteiger partial charge in [0.25, 0.3) is 0 Å². The molecule has 0 aliphatic heterocycles. The van der Waals surface area contributed by atoms with Gasteiger partial charge in [0, 0.05) is 6.92 Å². The maximum absolute atomic E-state index is 10.9. The lowest BCUT2D eigenvalue weighted by molar-refractivity contribution is -0.386. The summed E-state index contributed by atoms with van der Waals surface area (Å²) in [4.78, 5) is 10.4. The van der Waals surface area contributed by atoms with Crippen molar-refractivity contribution in [3.05, 3.63) is 51.4 Å². The summed E-state index contributed by atoms with van der Waals surface area (Å²) in [5.74, 6) is 0.906. The number of benzene rings is 1. The molecule has 0 unspecified atom stereocenters. The van der Waals surface area contributed by atoms with Crippen LogP contribution in [0.25, 0.3) is 12.2 Å². The van der Waals surface area contributed by atoms with Crippen LogP contribution in [-0.2, 0) is 0 Å². The van der Waals surface area contributed by atoms with E-state index in [1.165, 1.54) is 6.92 Å². The highest BCUT2D eigenvalue weighted by Gasteiger charge is 2.21. The first-order chi connectivity index (χ1) is 9.11. The van der Waals surface area contributed by atoms with E-state index in [1.54, 1.807) is 19.3 Å². The molecule has 0 amide bonds. The zero-order valence-electron chi connectivity index (χ0n) is 10.5. The summed E-state index contributed by atoms with van der Waals surface area (Å²) < 4.78 is 9.92. The molecule has 1 aromatic carbocycles. The number of hydrogen-bond acceptors (Lipinski definition) is 5. The highest BCUT2D eigenvalue weighted by molar-refractivity contribution is 5.72. The molecule has 0 radical (unpaired) electrons. The lowest BCUT2D eigenvalue weighted by atomic mass is 10.2. The van der Waals surface area contributed by atoms with Gasteiger partial charge in [-0.1, -0.05) is 23.4 Å². The minimum atomic E-state index is -0.503. The van der Waals surface area contributed by atoms with Crippen molar-refractivity contribution < 1.29 is 14.2 Å². The Hall–Kier alpha value is -2.63. The average Bonchev–Trinajstić information content (AvgIpc) is 2.78. The van der Waals surface area contributed by atoms with Crippen molar-refractivity contribution in [3.63, 3.8) is 0 Å². The van der Waals surface area contributed by atoms with Gasteiger partial charge in [-0.15, -0.1) is 0 Å². The van der Waals surface area contributed by atoms with E-state index in [0.717, 1.165) is 5.56 Å². The third-order valence-electron chi connectivity index (χ3n) is 2.57. The third kappa shape index (κ3) is 2.79. The summed E-state index contributed by atoms with van der Waals surface area (Å²) in [7, 11) is 1.58. The number of aromatic nitrogens is 1. The molecule has 1 aromatic heterocycles. The lowest BCUT2D eigenvalue weighted by Gasteiger charge is -1.99. The summed E-state index contributed by atoms with van der Waals surface area (Å²) in [5, 5.41) is 14.5. The first-order valence-corrected chi connectivity index (χ1v) is 5.54. The summed E-state index contributed by atoms with van der Waals surface area (Å²) in [5.41, 5.74) is 0.943. The van der Waals surface area contributed by atoms with Gasteiger partial charge in [-0.25, -0.2) is 0 Å². The summed E-state index contributed by atoms with van der Waals surface area (Å²) in [6, 6.07) is 7.33. The van der Waals surface area contributed by atoms with Gasteiger partial charge >= 0.3 is 5.69 Å². The van der Waals surface area contributed by atoms with E-state index in [2.05, 4.69) is 5.16 Å². The van der Waals surface area contributed by atoms with Crippen LogP contribution >= 0.6 is 0 Å². The molecule has 0 aliphatic carbocycles. The van der Waals surface area contributed by atoms with Crippen LogP contribution in [0.15, 0.2) is 28.8 Å². The molecular weight excluding hydrogens is 248 g/mol. The second-order valence-electron chi connectivity index (χ2n) is 3.84. The largest absolute Gasteiger partial charge is 0.497 e. The molecule has 1 heterocycles. The predicted octanol–water partition coefficient (Wildman–Crippen LogP) is 3.07. The molecule has 0 bridgehead atoms. The van der Waals surface area contributed by atoms with Crippen LogP contribution in [0.2, 0.25) is 0 Å². The first kappa shape index (κ1) is 12.8. The molecule has 2 rings (SSSR count). The second-order valence-corrected chi connectivity index (χ2v) is 3.84. The fraction of sp³-hybridized carbons (Fsp3) is 0.154. The average molecular weight is 260 g/mol. The highest BCUT2D eigenvalue weighted by Crippen LogP contribution is 2.24. The third-order valence-corrected chi connectivity index (χ3v) is 2.57. The number of methoxy groups -OCH3 is 1. The van der Waals surface area contributed by atoms with Gasteiger partial charge in [0.05, 0.1) is 12.0 Å². The van der Waals surface area contributed by atoms with Gasteiger partial charge in [-0.2, -0.15) is 0 Å². The zero-order chi connectivity index (χ0) is 13.8. The van der Waals surface area contributed by atoms with Crippen molar-refractivity contribution in [2.75, 3.05) is 7.11 Å². The van der Waals surface area contributed by atoms with Crippen LogP contribution in [0.3, 0.4) is 0 Å². The summed E-state index contributed by atoms with van der Waals surface area (Å²) in [6.45, 7) is 1.51. The minimum absolute atomic E-state index is 0.112. The topological polar surface area (TPSA) is 78.4 Å². The van der Waals surface area contributed by atoms with Gasteiger partial charge in [0.1, 0.15) is 5.75 Å². The van der Waals surface area contributed by atoms with Crippen LogP contribution in [0.4, 0.5) is 5.69 Å². The molecule has 0 spiro atoms. The van der Waals surface area contributed by atoms with Crippen molar-refractivity contribution in [1.82, 2.24) is 5.16 Å². The Labute approximate surface area is 109 Å². The molecule has 0 fully saturated rings. The number of hydrogen-bond donors (Lipinski definition) is 0. The maximum atomic E-state index is 10.9. The van der Waals surface area contributed by atoms with E-state index in [-0.39, 0.29) is 17.1 Å². The Balaban J connectivity index is 2.30. The van der Waals surface area contributed by atoms with Gasteiger partial charge in [-0.3, -0.25) is 10.1 Å². The molecule has 0 aliphatic rings. The van der Waals surface area contributed by atoms with E-state index < -0.39 is 4.92 Å². The molecule has 0 saturated heterocycles. The quantitative estimate of drug-likeness (QED) is 0.623. The van der Waals surface area contributed by atoms with Crippen molar-refractivity contribution >= 4 is 17.8 Å². The van der Waals surface area contributed by atoms with E-state index >= 15 is 0 Å². The number of aryl methyl sites for hydroxylation is 1. The van der Waals surface area contributed by atoms with Crippen LogP contribution in [0, 0.1) is 17.0 Å². The van der Waals surface area contributed by atoms with E-state index in [9.17, 15) is 10.1 Å². The second kappa shape index (κ2) is 5.34. The van der Waals surface area contributed by atoms with Crippen molar-refractivity contribution in [3.8, 4) is 5.75 Å². The molecule has 0 atom stereocenters. The zero-order valence-corrected chi connectivity index (χ0v) is 10.5. The van der Waals surface area contributed by atoms with Crippen LogP contribution in [0.5, 0.6) is 5.75 Å². The predicted molar refractivity (Wildman–Crippen MR) is 69.8 cm³/mol. The van der Waals surface area contributed by atoms with Gasteiger partial charge in [-0.05, 0) is 23.8 Å². The molecule has 19 heavy (non-hydrogen) atoms. The first-order valence-electron chi connectivity index (χ1n) is 5.54. The summed E-state index contributed by atoms with van der Waals surface area (Å²) >= 11 is 0. The number of rotatable bonds is 4. The normalized spacial score (nSPS) is 10.8. The smallest absolute Gasteiger partial charge is 0.338 e. The fourth-order valence-electron chi connectivity index (χ4n) is 1.64. The standard InChI is InChI=1S/C13H12N2O4/c1-9-13(15(16)17)12(14-19-9)7-6-10-4-3-5-11(8-10)18-2/h3-8H,1-2H3/b7-6+. The number of nitro groups is 1. The Morgan fingerprint density at radius 2 is 2.21 bits per heavy atom. The SMILES string of the molecule is COc1cccc(/C=C/c2noc(C)c2[N+](=O)[O-])c1. The highest BCUT2D eigenvalue weighted by atomic mass is 16.6. The van der Waals surface area contributed by atoms with Gasteiger partial charge < -0.3 is 9.26 Å². The monoisotopic (exact) mass is 260 g/mol. The Kier molecular flexibility index (Phi) is 3.61. The van der Waals surface area contributed by atoms with Crippen molar-refractivity contribution in [2.24, 2.45) is 0 Å². The van der Waals surface area contributed by atoms with Crippen molar-refractivity contribution in [1.29, 1.82) is 0 Å². The Bertz CT molecular complexity index is 631. The van der Waals surface area contributed by atoms with Gasteiger partial charge in [0.2, 0.25) is 5.76 Å². The number of ether oxygens (including phenoxy) is 1. The Morgan fingerprint density at radius 3 is 2.89 bits per heavy atom. The Morgan fingerprint density at radius 1 is 1.42 bits per heavy atom. The molecule has 0 N–H and O–H groups in total. The van der Waals surface area contributed by atoms with Gasteiger partial charge in [0.15, 0.2) is 5.69 Å². The van der Waals surface area contributed by atoms with Crippen LogP contribution in [-0.4, -0.2) is 17.2 Å². The molecule has 6 nitrogen and oxygen atoms in total. The lowest BCUT2D eigenvalue weighted by Crippen LogP contribution is -1.90. The maximum Gasteiger partial charge on any atom is 0.338 e. The molecule has 0 saturated carbocycles. The van der Waals surface area contributed by atoms with E-state index in [1.807, 2.05) is 24.3 Å². The van der Waals surface area contributed by atoms with Crippen molar-refractivity contribution in [2.45, 2.75) is 6.92 Å². The molecule has 6 heteroatoms.